The van der Waals surface area contributed by atoms with Crippen molar-refractivity contribution >= 4 is 23.3 Å². The van der Waals surface area contributed by atoms with E-state index in [0.717, 1.165) is 0 Å². The summed E-state index contributed by atoms with van der Waals surface area (Å²) in [5.41, 5.74) is 1.13. The molecule has 1 heterocycles. The number of carbonyl (C=O) groups is 2. The summed E-state index contributed by atoms with van der Waals surface area (Å²) in [5.74, 6) is 0.412. The van der Waals surface area contributed by atoms with Crippen molar-refractivity contribution in [2.24, 2.45) is 0 Å². The number of nitrogens with one attached hydrogen (secondary N) is 3. The zero-order valence-corrected chi connectivity index (χ0v) is 12.7. The maximum atomic E-state index is 12.0. The van der Waals surface area contributed by atoms with Crippen LogP contribution in [-0.4, -0.2) is 30.1 Å². The molecule has 0 atom stereocenters. The number of carbonyl (C=O) groups excluding carboxylic acids is 2. The van der Waals surface area contributed by atoms with E-state index in [-0.39, 0.29) is 5.91 Å². The van der Waals surface area contributed by atoms with Crippen LogP contribution in [0.1, 0.15) is 6.92 Å². The van der Waals surface area contributed by atoms with E-state index in [1.54, 1.807) is 48.8 Å². The van der Waals surface area contributed by atoms with Crippen molar-refractivity contribution in [2.45, 2.75) is 6.92 Å². The molecule has 2 rings (SSSR count). The highest BCUT2D eigenvalue weighted by molar-refractivity contribution is 6.00. The Morgan fingerprint density at radius 1 is 1.13 bits per heavy atom. The second-order valence-electron chi connectivity index (χ2n) is 4.65. The Morgan fingerprint density at radius 3 is 2.70 bits per heavy atom. The van der Waals surface area contributed by atoms with Crippen LogP contribution in [0.2, 0.25) is 0 Å². The first-order valence-corrected chi connectivity index (χ1v) is 7.09. The van der Waals surface area contributed by atoms with Crippen molar-refractivity contribution in [1.82, 2.24) is 10.3 Å². The van der Waals surface area contributed by atoms with Gasteiger partial charge >= 0.3 is 6.03 Å². The van der Waals surface area contributed by atoms with Crippen LogP contribution in [0.25, 0.3) is 0 Å². The van der Waals surface area contributed by atoms with E-state index in [1.807, 2.05) is 0 Å². The van der Waals surface area contributed by atoms with Gasteiger partial charge in [-0.3, -0.25) is 9.78 Å². The number of aromatic nitrogens is 1. The Labute approximate surface area is 134 Å². The molecule has 1 aromatic carbocycles. The topological polar surface area (TPSA) is 92.4 Å². The number of urea groups is 1. The smallest absolute Gasteiger partial charge is 0.323 e. The van der Waals surface area contributed by atoms with Crippen molar-refractivity contribution in [1.29, 1.82) is 0 Å². The Hall–Kier alpha value is -3.09. The van der Waals surface area contributed by atoms with Gasteiger partial charge in [0.2, 0.25) is 5.91 Å². The molecule has 0 aliphatic carbocycles. The molecular weight excluding hydrogens is 296 g/mol. The third-order valence-corrected chi connectivity index (χ3v) is 2.79. The summed E-state index contributed by atoms with van der Waals surface area (Å²) in [6.07, 6.45) is 3.18. The van der Waals surface area contributed by atoms with Crippen LogP contribution in [0.4, 0.5) is 16.2 Å². The van der Waals surface area contributed by atoms with Crippen LogP contribution in [0.15, 0.2) is 48.8 Å². The predicted molar refractivity (Wildman–Crippen MR) is 87.5 cm³/mol. The summed E-state index contributed by atoms with van der Waals surface area (Å²) in [5, 5.41) is 8.03. The van der Waals surface area contributed by atoms with Gasteiger partial charge in [-0.2, -0.15) is 0 Å². The Morgan fingerprint density at radius 2 is 1.96 bits per heavy atom. The highest BCUT2D eigenvalue weighted by Gasteiger charge is 2.07. The van der Waals surface area contributed by atoms with E-state index in [1.165, 1.54) is 6.92 Å². The lowest BCUT2D eigenvalue weighted by molar-refractivity contribution is -0.119. The highest BCUT2D eigenvalue weighted by Crippen LogP contribution is 2.23. The van der Waals surface area contributed by atoms with Gasteiger partial charge in [0.05, 0.1) is 24.1 Å². The predicted octanol–water partition coefficient (Wildman–Crippen LogP) is 2.24. The van der Waals surface area contributed by atoms with E-state index in [9.17, 15) is 9.59 Å². The molecule has 0 radical (unpaired) electrons. The third-order valence-electron chi connectivity index (χ3n) is 2.79. The first-order valence-electron chi connectivity index (χ1n) is 7.09. The largest absolute Gasteiger partial charge is 0.490 e. The van der Waals surface area contributed by atoms with E-state index in [0.29, 0.717) is 30.3 Å². The summed E-state index contributed by atoms with van der Waals surface area (Å²) in [6.45, 7) is 2.15. The molecule has 0 aliphatic heterocycles. The standard InChI is InChI=1S/C16H18N4O3/c1-12(21)18-9-10-23-15-7-3-2-6-14(15)20-16(22)19-13-5-4-8-17-11-13/h2-8,11H,9-10H2,1H3,(H,18,21)(H2,19,20,22). The molecule has 7 heteroatoms. The number of ether oxygens (including phenoxy) is 1. The lowest BCUT2D eigenvalue weighted by atomic mass is 10.3. The first-order chi connectivity index (χ1) is 11.1. The van der Waals surface area contributed by atoms with Crippen molar-refractivity contribution in [3.05, 3.63) is 48.8 Å². The fourth-order valence-electron chi connectivity index (χ4n) is 1.81. The molecule has 1 aromatic heterocycles. The van der Waals surface area contributed by atoms with Gasteiger partial charge in [0.25, 0.3) is 0 Å². The Balaban J connectivity index is 1.91. The number of anilines is 2. The van der Waals surface area contributed by atoms with Gasteiger partial charge in [0.15, 0.2) is 0 Å². The summed E-state index contributed by atoms with van der Waals surface area (Å²) in [4.78, 5) is 26.7. The number of para-hydroxylation sites is 2. The molecule has 0 bridgehead atoms. The molecule has 0 aliphatic rings. The summed E-state index contributed by atoms with van der Waals surface area (Å²) in [7, 11) is 0. The van der Waals surface area contributed by atoms with E-state index in [4.69, 9.17) is 4.74 Å². The normalized spacial score (nSPS) is 9.78. The Bertz CT molecular complexity index is 661. The third kappa shape index (κ3) is 5.66. The molecule has 3 N–H and O–H groups in total. The zero-order valence-electron chi connectivity index (χ0n) is 12.7. The van der Waals surface area contributed by atoms with Gasteiger partial charge < -0.3 is 20.7 Å². The second-order valence-corrected chi connectivity index (χ2v) is 4.65. The van der Waals surface area contributed by atoms with Crippen LogP contribution in [0.3, 0.4) is 0 Å². The quantitative estimate of drug-likeness (QED) is 0.713. The number of hydrogen-bond acceptors (Lipinski definition) is 4. The minimum absolute atomic E-state index is 0.115. The number of nitrogens with zero attached hydrogens (tertiary/aromatic N) is 1. The molecule has 3 amide bonds. The molecule has 0 saturated carbocycles. The highest BCUT2D eigenvalue weighted by atomic mass is 16.5. The van der Waals surface area contributed by atoms with E-state index in [2.05, 4.69) is 20.9 Å². The van der Waals surface area contributed by atoms with Gasteiger partial charge in [-0.25, -0.2) is 4.79 Å². The maximum Gasteiger partial charge on any atom is 0.323 e. The average Bonchev–Trinajstić information content (AvgIpc) is 2.53. The molecule has 0 spiro atoms. The molecular formula is C16H18N4O3. The lowest BCUT2D eigenvalue weighted by Crippen LogP contribution is -2.25. The average molecular weight is 314 g/mol. The van der Waals surface area contributed by atoms with Crippen molar-refractivity contribution in [2.75, 3.05) is 23.8 Å². The maximum absolute atomic E-state index is 12.0. The number of pyridine rings is 1. The van der Waals surface area contributed by atoms with Gasteiger partial charge in [-0.1, -0.05) is 12.1 Å². The molecule has 0 fully saturated rings. The van der Waals surface area contributed by atoms with Crippen LogP contribution < -0.4 is 20.7 Å². The van der Waals surface area contributed by atoms with Gasteiger partial charge in [-0.05, 0) is 24.3 Å². The number of rotatable bonds is 6. The monoisotopic (exact) mass is 314 g/mol. The number of amides is 3. The fraction of sp³-hybridized carbons (Fsp3) is 0.188. The second kappa shape index (κ2) is 8.38. The molecule has 23 heavy (non-hydrogen) atoms. The lowest BCUT2D eigenvalue weighted by Gasteiger charge is -2.13. The van der Waals surface area contributed by atoms with Gasteiger partial charge in [0.1, 0.15) is 12.4 Å². The van der Waals surface area contributed by atoms with Crippen LogP contribution >= 0.6 is 0 Å². The fourth-order valence-corrected chi connectivity index (χ4v) is 1.81. The minimum Gasteiger partial charge on any atom is -0.490 e. The number of hydrogen-bond donors (Lipinski definition) is 3. The van der Waals surface area contributed by atoms with Gasteiger partial charge in [0, 0.05) is 13.1 Å². The molecule has 0 saturated heterocycles. The summed E-state index contributed by atoms with van der Waals surface area (Å²) in [6, 6.07) is 10.1. The van der Waals surface area contributed by atoms with Crippen molar-refractivity contribution in [3.63, 3.8) is 0 Å². The van der Waals surface area contributed by atoms with Crippen LogP contribution in [0, 0.1) is 0 Å². The van der Waals surface area contributed by atoms with Crippen LogP contribution in [-0.2, 0) is 4.79 Å². The zero-order chi connectivity index (χ0) is 16.5. The van der Waals surface area contributed by atoms with Crippen molar-refractivity contribution in [3.8, 4) is 5.75 Å². The number of benzene rings is 1. The summed E-state index contributed by atoms with van der Waals surface area (Å²) < 4.78 is 5.57. The Kier molecular flexibility index (Phi) is 5.93. The SMILES string of the molecule is CC(=O)NCCOc1ccccc1NC(=O)Nc1cccnc1. The first kappa shape index (κ1) is 16.3. The molecule has 2 aromatic rings. The van der Waals surface area contributed by atoms with Gasteiger partial charge in [-0.15, -0.1) is 0 Å². The molecule has 120 valence electrons. The minimum atomic E-state index is -0.393. The molecule has 0 unspecified atom stereocenters. The molecule has 7 nitrogen and oxygen atoms in total. The van der Waals surface area contributed by atoms with E-state index < -0.39 is 6.03 Å². The van der Waals surface area contributed by atoms with Crippen LogP contribution in [0.5, 0.6) is 5.75 Å². The summed E-state index contributed by atoms with van der Waals surface area (Å²) >= 11 is 0. The van der Waals surface area contributed by atoms with Crippen molar-refractivity contribution < 1.29 is 14.3 Å². The van der Waals surface area contributed by atoms with E-state index >= 15 is 0 Å².